The largest absolute Gasteiger partial charge is 0.323 e. The van der Waals surface area contributed by atoms with E-state index in [0.717, 1.165) is 12.2 Å². The van der Waals surface area contributed by atoms with Gasteiger partial charge in [0, 0.05) is 12.6 Å². The Hall–Kier alpha value is -0.900. The third-order valence-electron chi connectivity index (χ3n) is 1.58. The van der Waals surface area contributed by atoms with E-state index in [1.165, 1.54) is 0 Å². The SMILES string of the molecule is CC(C)Cn1cc(C(C)N)nn1. The van der Waals surface area contributed by atoms with Gasteiger partial charge in [-0.2, -0.15) is 0 Å². The van der Waals surface area contributed by atoms with E-state index < -0.39 is 0 Å². The highest BCUT2D eigenvalue weighted by atomic mass is 15.4. The van der Waals surface area contributed by atoms with E-state index in [0.29, 0.717) is 5.92 Å². The van der Waals surface area contributed by atoms with E-state index >= 15 is 0 Å². The molecule has 1 aromatic heterocycles. The van der Waals surface area contributed by atoms with Crippen molar-refractivity contribution in [2.24, 2.45) is 11.7 Å². The Kier molecular flexibility index (Phi) is 2.81. The van der Waals surface area contributed by atoms with Crippen LogP contribution in [0.5, 0.6) is 0 Å². The predicted octanol–water partition coefficient (Wildman–Crippen LogP) is 0.954. The molecular formula is C8H16N4. The molecule has 0 aromatic carbocycles. The molecule has 4 nitrogen and oxygen atoms in total. The maximum absolute atomic E-state index is 5.64. The fourth-order valence-corrected chi connectivity index (χ4v) is 0.985. The molecule has 1 atom stereocenters. The van der Waals surface area contributed by atoms with Crippen LogP contribution in [0.1, 0.15) is 32.5 Å². The minimum Gasteiger partial charge on any atom is -0.323 e. The molecule has 0 aliphatic rings. The number of hydrogen-bond donors (Lipinski definition) is 1. The van der Waals surface area contributed by atoms with Crippen LogP contribution in [0.25, 0.3) is 0 Å². The number of hydrogen-bond acceptors (Lipinski definition) is 3. The second kappa shape index (κ2) is 3.67. The van der Waals surface area contributed by atoms with Gasteiger partial charge in [-0.15, -0.1) is 5.10 Å². The van der Waals surface area contributed by atoms with Crippen LogP contribution < -0.4 is 5.73 Å². The van der Waals surface area contributed by atoms with Gasteiger partial charge in [0.1, 0.15) is 0 Å². The Morgan fingerprint density at radius 3 is 2.58 bits per heavy atom. The summed E-state index contributed by atoms with van der Waals surface area (Å²) in [5, 5.41) is 7.92. The monoisotopic (exact) mass is 168 g/mol. The maximum Gasteiger partial charge on any atom is 0.0991 e. The van der Waals surface area contributed by atoms with Gasteiger partial charge in [0.05, 0.1) is 11.9 Å². The lowest BCUT2D eigenvalue weighted by Crippen LogP contribution is -2.06. The Morgan fingerprint density at radius 1 is 1.50 bits per heavy atom. The molecule has 0 fully saturated rings. The lowest BCUT2D eigenvalue weighted by Gasteiger charge is -2.02. The number of aromatic nitrogens is 3. The molecule has 0 radical (unpaired) electrons. The van der Waals surface area contributed by atoms with Crippen molar-refractivity contribution in [3.8, 4) is 0 Å². The van der Waals surface area contributed by atoms with Crippen LogP contribution in [0.3, 0.4) is 0 Å². The first-order valence-electron chi connectivity index (χ1n) is 4.25. The third-order valence-corrected chi connectivity index (χ3v) is 1.58. The van der Waals surface area contributed by atoms with Gasteiger partial charge >= 0.3 is 0 Å². The first kappa shape index (κ1) is 9.19. The first-order valence-corrected chi connectivity index (χ1v) is 4.25. The molecule has 1 unspecified atom stereocenters. The minimum absolute atomic E-state index is 0.0223. The van der Waals surface area contributed by atoms with Crippen molar-refractivity contribution in [2.45, 2.75) is 33.4 Å². The Labute approximate surface area is 72.8 Å². The first-order chi connectivity index (χ1) is 5.59. The molecule has 1 heterocycles. The fourth-order valence-electron chi connectivity index (χ4n) is 0.985. The van der Waals surface area contributed by atoms with Crippen molar-refractivity contribution in [1.29, 1.82) is 0 Å². The van der Waals surface area contributed by atoms with Crippen LogP contribution in [0, 0.1) is 5.92 Å². The summed E-state index contributed by atoms with van der Waals surface area (Å²) >= 11 is 0. The van der Waals surface area contributed by atoms with E-state index in [1.807, 2.05) is 17.8 Å². The zero-order valence-corrected chi connectivity index (χ0v) is 7.86. The van der Waals surface area contributed by atoms with E-state index in [9.17, 15) is 0 Å². The zero-order chi connectivity index (χ0) is 9.14. The lowest BCUT2D eigenvalue weighted by atomic mass is 10.2. The van der Waals surface area contributed by atoms with E-state index in [-0.39, 0.29) is 6.04 Å². The second-order valence-electron chi connectivity index (χ2n) is 3.55. The predicted molar refractivity (Wildman–Crippen MR) is 47.5 cm³/mol. The van der Waals surface area contributed by atoms with Crippen LogP contribution >= 0.6 is 0 Å². The molecule has 4 heteroatoms. The summed E-state index contributed by atoms with van der Waals surface area (Å²) < 4.78 is 1.84. The minimum atomic E-state index is -0.0223. The van der Waals surface area contributed by atoms with E-state index in [1.54, 1.807) is 0 Å². The average molecular weight is 168 g/mol. The Morgan fingerprint density at radius 2 is 2.17 bits per heavy atom. The lowest BCUT2D eigenvalue weighted by molar-refractivity contribution is 0.472. The van der Waals surface area contributed by atoms with Crippen LogP contribution in [0.4, 0.5) is 0 Å². The van der Waals surface area contributed by atoms with Crippen molar-refractivity contribution in [2.75, 3.05) is 0 Å². The maximum atomic E-state index is 5.64. The average Bonchev–Trinajstić information content (AvgIpc) is 2.34. The van der Waals surface area contributed by atoms with Gasteiger partial charge in [-0.1, -0.05) is 19.1 Å². The quantitative estimate of drug-likeness (QED) is 0.731. The smallest absolute Gasteiger partial charge is 0.0991 e. The molecule has 0 saturated carbocycles. The van der Waals surface area contributed by atoms with Gasteiger partial charge in [-0.3, -0.25) is 4.68 Å². The molecule has 0 aliphatic heterocycles. The molecular weight excluding hydrogens is 152 g/mol. The number of rotatable bonds is 3. The van der Waals surface area contributed by atoms with Crippen molar-refractivity contribution in [3.63, 3.8) is 0 Å². The molecule has 0 bridgehead atoms. The van der Waals surface area contributed by atoms with Crippen molar-refractivity contribution < 1.29 is 0 Å². The standard InChI is InChI=1S/C8H16N4/c1-6(2)4-12-5-8(7(3)9)10-11-12/h5-7H,4,9H2,1-3H3. The second-order valence-corrected chi connectivity index (χ2v) is 3.55. The summed E-state index contributed by atoms with van der Waals surface area (Å²) in [4.78, 5) is 0. The number of nitrogens with two attached hydrogens (primary N) is 1. The molecule has 68 valence electrons. The molecule has 12 heavy (non-hydrogen) atoms. The van der Waals surface area contributed by atoms with Crippen molar-refractivity contribution >= 4 is 0 Å². The zero-order valence-electron chi connectivity index (χ0n) is 7.86. The number of nitrogens with zero attached hydrogens (tertiary/aromatic N) is 3. The molecule has 0 aliphatic carbocycles. The summed E-state index contributed by atoms with van der Waals surface area (Å²) in [5.74, 6) is 0.590. The Bertz CT molecular complexity index is 239. The highest BCUT2D eigenvalue weighted by Crippen LogP contribution is 2.05. The normalized spacial score (nSPS) is 13.8. The van der Waals surface area contributed by atoms with Gasteiger partial charge < -0.3 is 5.73 Å². The summed E-state index contributed by atoms with van der Waals surface area (Å²) in [5.41, 5.74) is 6.50. The van der Waals surface area contributed by atoms with E-state index in [4.69, 9.17) is 5.73 Å². The molecule has 2 N–H and O–H groups in total. The van der Waals surface area contributed by atoms with Crippen LogP contribution in [-0.4, -0.2) is 15.0 Å². The highest BCUT2D eigenvalue weighted by Gasteiger charge is 2.05. The van der Waals surface area contributed by atoms with Crippen LogP contribution in [-0.2, 0) is 6.54 Å². The van der Waals surface area contributed by atoms with Crippen molar-refractivity contribution in [3.05, 3.63) is 11.9 Å². The Balaban J connectivity index is 2.64. The molecule has 0 spiro atoms. The van der Waals surface area contributed by atoms with Crippen LogP contribution in [0.15, 0.2) is 6.20 Å². The van der Waals surface area contributed by atoms with Gasteiger partial charge in [-0.05, 0) is 12.8 Å². The summed E-state index contributed by atoms with van der Waals surface area (Å²) in [6.45, 7) is 7.10. The van der Waals surface area contributed by atoms with Gasteiger partial charge in [0.2, 0.25) is 0 Å². The highest BCUT2D eigenvalue weighted by molar-refractivity contribution is 4.97. The summed E-state index contributed by atoms with van der Waals surface area (Å²) in [6.07, 6.45) is 1.91. The molecule has 1 aromatic rings. The fraction of sp³-hybridized carbons (Fsp3) is 0.750. The van der Waals surface area contributed by atoms with Gasteiger partial charge in [-0.25, -0.2) is 0 Å². The topological polar surface area (TPSA) is 56.7 Å². The summed E-state index contributed by atoms with van der Waals surface area (Å²) in [7, 11) is 0. The van der Waals surface area contributed by atoms with Crippen molar-refractivity contribution in [1.82, 2.24) is 15.0 Å². The molecule has 0 saturated heterocycles. The molecule has 0 amide bonds. The van der Waals surface area contributed by atoms with E-state index in [2.05, 4.69) is 24.2 Å². The summed E-state index contributed by atoms with van der Waals surface area (Å²) in [6, 6.07) is -0.0223. The van der Waals surface area contributed by atoms with Crippen LogP contribution in [0.2, 0.25) is 0 Å². The van der Waals surface area contributed by atoms with Gasteiger partial charge in [0.15, 0.2) is 0 Å². The van der Waals surface area contributed by atoms with Gasteiger partial charge in [0.25, 0.3) is 0 Å². The third kappa shape index (κ3) is 2.30. The molecule has 1 rings (SSSR count).